The average molecular weight is 296 g/mol. The van der Waals surface area contributed by atoms with Gasteiger partial charge in [0.15, 0.2) is 6.10 Å². The number of hydrogen-bond acceptors (Lipinski definition) is 2. The van der Waals surface area contributed by atoms with E-state index in [1.807, 2.05) is 25.1 Å². The van der Waals surface area contributed by atoms with E-state index < -0.39 is 6.10 Å². The third-order valence-electron chi connectivity index (χ3n) is 2.18. The minimum Gasteiger partial charge on any atom is -0.481 e. The van der Waals surface area contributed by atoms with Crippen LogP contribution in [-0.4, -0.2) is 18.6 Å². The highest BCUT2D eigenvalue weighted by Crippen LogP contribution is 2.22. The van der Waals surface area contributed by atoms with Gasteiger partial charge in [-0.25, -0.2) is 0 Å². The topological polar surface area (TPSA) is 38.3 Å². The third kappa shape index (κ3) is 4.12. The molecule has 3 nitrogen and oxygen atoms in total. The summed E-state index contributed by atoms with van der Waals surface area (Å²) in [5.74, 6) is 2.78. The third-order valence-corrected chi connectivity index (χ3v) is 3.07. The van der Waals surface area contributed by atoms with Gasteiger partial charge < -0.3 is 10.1 Å². The van der Waals surface area contributed by atoms with Gasteiger partial charge in [0.1, 0.15) is 5.75 Å². The Morgan fingerprint density at radius 1 is 1.65 bits per heavy atom. The highest BCUT2D eigenvalue weighted by Gasteiger charge is 2.13. The number of halogens is 1. The number of nitrogens with one attached hydrogen (secondary N) is 1. The molecule has 4 heteroatoms. The van der Waals surface area contributed by atoms with Crippen molar-refractivity contribution in [3.05, 3.63) is 28.2 Å². The Bertz CT molecular complexity index is 451. The minimum absolute atomic E-state index is 0.214. The second-order valence-electron chi connectivity index (χ2n) is 3.59. The molecular formula is C13H14BrNO2. The van der Waals surface area contributed by atoms with Gasteiger partial charge in [0.05, 0.1) is 6.54 Å². The summed E-state index contributed by atoms with van der Waals surface area (Å²) >= 11 is 3.40. The lowest BCUT2D eigenvalue weighted by molar-refractivity contribution is -0.126. The van der Waals surface area contributed by atoms with E-state index in [0.717, 1.165) is 10.0 Å². The zero-order valence-corrected chi connectivity index (χ0v) is 11.4. The Kier molecular flexibility index (Phi) is 5.05. The second-order valence-corrected chi connectivity index (χ2v) is 4.45. The smallest absolute Gasteiger partial charge is 0.261 e. The first kappa shape index (κ1) is 13.6. The lowest BCUT2D eigenvalue weighted by atomic mass is 10.2. The van der Waals surface area contributed by atoms with Crippen LogP contribution in [0, 0.1) is 19.3 Å². The Labute approximate surface area is 110 Å². The molecule has 0 aliphatic heterocycles. The summed E-state index contributed by atoms with van der Waals surface area (Å²) < 4.78 is 6.52. The largest absolute Gasteiger partial charge is 0.481 e. The van der Waals surface area contributed by atoms with Gasteiger partial charge in [-0.2, -0.15) is 0 Å². The Balaban J connectivity index is 2.62. The molecule has 1 amide bonds. The second kappa shape index (κ2) is 6.31. The predicted octanol–water partition coefficient (Wildman–Crippen LogP) is 2.27. The molecule has 0 heterocycles. The zero-order chi connectivity index (χ0) is 12.8. The summed E-state index contributed by atoms with van der Waals surface area (Å²) in [6.07, 6.45) is 4.49. The number of aryl methyl sites for hydroxylation is 1. The monoisotopic (exact) mass is 295 g/mol. The molecule has 1 aromatic rings. The summed E-state index contributed by atoms with van der Waals surface area (Å²) in [6.45, 7) is 3.86. The summed E-state index contributed by atoms with van der Waals surface area (Å²) in [4.78, 5) is 11.5. The standard InChI is InChI=1S/C13H14BrNO2/c1-4-7-15-13(16)10(3)17-11-5-6-12(14)9(2)8-11/h1,5-6,8,10H,7H2,2-3H3,(H,15,16). The first-order valence-corrected chi connectivity index (χ1v) is 5.98. The van der Waals surface area contributed by atoms with Gasteiger partial charge in [0.25, 0.3) is 5.91 Å². The fourth-order valence-electron chi connectivity index (χ4n) is 1.23. The van der Waals surface area contributed by atoms with Crippen LogP contribution in [0.3, 0.4) is 0 Å². The zero-order valence-electron chi connectivity index (χ0n) is 9.79. The van der Waals surface area contributed by atoms with Crippen molar-refractivity contribution in [2.45, 2.75) is 20.0 Å². The van der Waals surface area contributed by atoms with E-state index in [-0.39, 0.29) is 12.5 Å². The summed E-state index contributed by atoms with van der Waals surface area (Å²) in [7, 11) is 0. The minimum atomic E-state index is -0.566. The van der Waals surface area contributed by atoms with Gasteiger partial charge in [0, 0.05) is 4.47 Å². The molecule has 0 saturated carbocycles. The van der Waals surface area contributed by atoms with E-state index in [1.54, 1.807) is 6.92 Å². The van der Waals surface area contributed by atoms with Crippen molar-refractivity contribution in [1.29, 1.82) is 0 Å². The number of rotatable bonds is 4. The van der Waals surface area contributed by atoms with Gasteiger partial charge in [-0.15, -0.1) is 6.42 Å². The van der Waals surface area contributed by atoms with Crippen LogP contribution in [0.25, 0.3) is 0 Å². The molecule has 0 aromatic heterocycles. The lowest BCUT2D eigenvalue weighted by Crippen LogP contribution is -2.36. The summed E-state index contributed by atoms with van der Waals surface area (Å²) in [5, 5.41) is 2.57. The Hall–Kier alpha value is -1.47. The molecule has 0 radical (unpaired) electrons. The van der Waals surface area contributed by atoms with Crippen LogP contribution in [0.15, 0.2) is 22.7 Å². The molecule has 1 rings (SSSR count). The average Bonchev–Trinajstić information content (AvgIpc) is 2.30. The SMILES string of the molecule is C#CCNC(=O)C(C)Oc1ccc(Br)c(C)c1. The van der Waals surface area contributed by atoms with Gasteiger partial charge >= 0.3 is 0 Å². The lowest BCUT2D eigenvalue weighted by Gasteiger charge is -2.14. The van der Waals surface area contributed by atoms with Crippen molar-refractivity contribution < 1.29 is 9.53 Å². The van der Waals surface area contributed by atoms with E-state index in [2.05, 4.69) is 27.2 Å². The predicted molar refractivity (Wildman–Crippen MR) is 70.8 cm³/mol. The van der Waals surface area contributed by atoms with Crippen LogP contribution in [0.5, 0.6) is 5.75 Å². The van der Waals surface area contributed by atoms with Crippen LogP contribution in [0.1, 0.15) is 12.5 Å². The van der Waals surface area contributed by atoms with Crippen molar-refractivity contribution in [1.82, 2.24) is 5.32 Å². The van der Waals surface area contributed by atoms with Crippen molar-refractivity contribution >= 4 is 21.8 Å². The van der Waals surface area contributed by atoms with E-state index in [0.29, 0.717) is 5.75 Å². The fraction of sp³-hybridized carbons (Fsp3) is 0.308. The van der Waals surface area contributed by atoms with E-state index >= 15 is 0 Å². The molecule has 0 fully saturated rings. The Morgan fingerprint density at radius 3 is 2.94 bits per heavy atom. The molecule has 1 N–H and O–H groups in total. The molecule has 17 heavy (non-hydrogen) atoms. The van der Waals surface area contributed by atoms with Crippen molar-refractivity contribution in [2.75, 3.05) is 6.54 Å². The number of benzene rings is 1. The van der Waals surface area contributed by atoms with Gasteiger partial charge in [-0.05, 0) is 37.6 Å². The number of hydrogen-bond donors (Lipinski definition) is 1. The number of amides is 1. The summed E-state index contributed by atoms with van der Waals surface area (Å²) in [5.41, 5.74) is 1.05. The maximum absolute atomic E-state index is 11.5. The highest BCUT2D eigenvalue weighted by molar-refractivity contribution is 9.10. The molecule has 0 spiro atoms. The molecule has 1 aromatic carbocycles. The van der Waals surface area contributed by atoms with Gasteiger partial charge in [-0.1, -0.05) is 21.9 Å². The maximum Gasteiger partial charge on any atom is 0.261 e. The number of carbonyl (C=O) groups is 1. The molecule has 1 atom stereocenters. The van der Waals surface area contributed by atoms with E-state index in [9.17, 15) is 4.79 Å². The highest BCUT2D eigenvalue weighted by atomic mass is 79.9. The van der Waals surface area contributed by atoms with E-state index in [4.69, 9.17) is 11.2 Å². The molecule has 90 valence electrons. The van der Waals surface area contributed by atoms with Crippen molar-refractivity contribution in [3.63, 3.8) is 0 Å². The first-order chi connectivity index (χ1) is 8.04. The number of ether oxygens (including phenoxy) is 1. The molecular weight excluding hydrogens is 282 g/mol. The quantitative estimate of drug-likeness (QED) is 0.866. The number of terminal acetylenes is 1. The van der Waals surface area contributed by atoms with Crippen molar-refractivity contribution in [3.8, 4) is 18.1 Å². The van der Waals surface area contributed by atoms with Crippen LogP contribution < -0.4 is 10.1 Å². The Morgan fingerprint density at radius 2 is 2.35 bits per heavy atom. The normalized spacial score (nSPS) is 11.4. The molecule has 0 bridgehead atoms. The first-order valence-electron chi connectivity index (χ1n) is 5.18. The molecule has 1 unspecified atom stereocenters. The molecule has 0 aliphatic carbocycles. The molecule has 0 saturated heterocycles. The van der Waals surface area contributed by atoms with Crippen LogP contribution >= 0.6 is 15.9 Å². The maximum atomic E-state index is 11.5. The fourth-order valence-corrected chi connectivity index (χ4v) is 1.48. The van der Waals surface area contributed by atoms with Crippen molar-refractivity contribution in [2.24, 2.45) is 0 Å². The van der Waals surface area contributed by atoms with Crippen LogP contribution in [0.4, 0.5) is 0 Å². The van der Waals surface area contributed by atoms with Crippen LogP contribution in [-0.2, 0) is 4.79 Å². The molecule has 0 aliphatic rings. The van der Waals surface area contributed by atoms with E-state index in [1.165, 1.54) is 0 Å². The summed E-state index contributed by atoms with van der Waals surface area (Å²) in [6, 6.07) is 5.56. The number of carbonyl (C=O) groups excluding carboxylic acids is 1. The van der Waals surface area contributed by atoms with Gasteiger partial charge in [-0.3, -0.25) is 4.79 Å². The van der Waals surface area contributed by atoms with Crippen LogP contribution in [0.2, 0.25) is 0 Å². The van der Waals surface area contributed by atoms with Gasteiger partial charge in [0.2, 0.25) is 0 Å².